The van der Waals surface area contributed by atoms with E-state index >= 15 is 0 Å². The normalized spacial score (nSPS) is 27.6. The zero-order valence-electron chi connectivity index (χ0n) is 9.97. The zero-order valence-corrected chi connectivity index (χ0v) is 9.97. The minimum Gasteiger partial charge on any atom is -0.327 e. The Kier molecular flexibility index (Phi) is 5.54. The maximum atomic E-state index is 6.11. The van der Waals surface area contributed by atoms with E-state index in [1.54, 1.807) is 0 Å². The summed E-state index contributed by atoms with van der Waals surface area (Å²) in [5.41, 5.74) is 6.11. The van der Waals surface area contributed by atoms with Crippen LogP contribution >= 0.6 is 0 Å². The lowest BCUT2D eigenvalue weighted by atomic mass is 10.0. The van der Waals surface area contributed by atoms with Gasteiger partial charge in [-0.15, -0.1) is 0 Å². The lowest BCUT2D eigenvalue weighted by molar-refractivity contribution is 0.484. The first-order valence-corrected chi connectivity index (χ1v) is 6.51. The van der Waals surface area contributed by atoms with Gasteiger partial charge in [0.1, 0.15) is 0 Å². The molecule has 0 aliphatic heterocycles. The van der Waals surface area contributed by atoms with Gasteiger partial charge in [0, 0.05) is 6.04 Å². The van der Waals surface area contributed by atoms with Gasteiger partial charge < -0.3 is 5.73 Å². The Morgan fingerprint density at radius 3 is 2.29 bits per heavy atom. The molecule has 14 heavy (non-hydrogen) atoms. The van der Waals surface area contributed by atoms with Crippen LogP contribution in [0, 0.1) is 11.8 Å². The van der Waals surface area contributed by atoms with Gasteiger partial charge in [-0.3, -0.25) is 0 Å². The Morgan fingerprint density at radius 2 is 1.71 bits per heavy atom. The Bertz CT molecular complexity index is 144. The van der Waals surface area contributed by atoms with Crippen LogP contribution in [0.1, 0.15) is 65.2 Å². The number of hydrogen-bond acceptors (Lipinski definition) is 1. The molecule has 0 aromatic rings. The van der Waals surface area contributed by atoms with Gasteiger partial charge in [0.2, 0.25) is 0 Å². The van der Waals surface area contributed by atoms with Gasteiger partial charge in [-0.1, -0.05) is 52.4 Å². The lowest BCUT2D eigenvalue weighted by Crippen LogP contribution is -2.22. The van der Waals surface area contributed by atoms with Crippen molar-refractivity contribution >= 4 is 0 Å². The van der Waals surface area contributed by atoms with Gasteiger partial charge in [-0.2, -0.15) is 0 Å². The van der Waals surface area contributed by atoms with E-state index in [0.717, 1.165) is 11.8 Å². The van der Waals surface area contributed by atoms with Crippen LogP contribution in [0.5, 0.6) is 0 Å². The van der Waals surface area contributed by atoms with E-state index in [9.17, 15) is 0 Å². The SMILES string of the molecule is CCCCCCCCC(N)C1CC1C. The quantitative estimate of drug-likeness (QED) is 0.590. The number of nitrogens with two attached hydrogens (primary N) is 1. The second kappa shape index (κ2) is 6.44. The highest BCUT2D eigenvalue weighted by Gasteiger charge is 2.36. The molecule has 1 aliphatic carbocycles. The summed E-state index contributed by atoms with van der Waals surface area (Å²) in [6.07, 6.45) is 11.0. The van der Waals surface area contributed by atoms with Gasteiger partial charge in [-0.05, 0) is 24.7 Å². The first-order valence-electron chi connectivity index (χ1n) is 6.51. The predicted molar refractivity (Wildman–Crippen MR) is 63.2 cm³/mol. The molecule has 0 bridgehead atoms. The second-order valence-corrected chi connectivity index (χ2v) is 5.10. The van der Waals surface area contributed by atoms with Crippen molar-refractivity contribution in [1.29, 1.82) is 0 Å². The highest BCUT2D eigenvalue weighted by Crippen LogP contribution is 2.41. The smallest absolute Gasteiger partial charge is 0.00698 e. The second-order valence-electron chi connectivity index (χ2n) is 5.10. The average molecular weight is 197 g/mol. The van der Waals surface area contributed by atoms with E-state index in [1.807, 2.05) is 0 Å². The average Bonchev–Trinajstić information content (AvgIpc) is 2.88. The molecule has 3 unspecified atom stereocenters. The molecule has 1 fully saturated rings. The predicted octanol–water partition coefficient (Wildman–Crippen LogP) is 3.72. The molecular weight excluding hydrogens is 170 g/mol. The van der Waals surface area contributed by atoms with Crippen molar-refractivity contribution in [2.45, 2.75) is 71.3 Å². The summed E-state index contributed by atoms with van der Waals surface area (Å²) >= 11 is 0. The van der Waals surface area contributed by atoms with Gasteiger partial charge in [0.05, 0.1) is 0 Å². The lowest BCUT2D eigenvalue weighted by Gasteiger charge is -2.10. The molecule has 1 aliphatic rings. The van der Waals surface area contributed by atoms with E-state index in [-0.39, 0.29) is 0 Å². The maximum absolute atomic E-state index is 6.11. The molecular formula is C13H27N. The monoisotopic (exact) mass is 197 g/mol. The van der Waals surface area contributed by atoms with Crippen molar-refractivity contribution in [2.75, 3.05) is 0 Å². The van der Waals surface area contributed by atoms with Crippen LogP contribution in [0.4, 0.5) is 0 Å². The molecule has 0 radical (unpaired) electrons. The van der Waals surface area contributed by atoms with Gasteiger partial charge >= 0.3 is 0 Å². The van der Waals surface area contributed by atoms with Crippen molar-refractivity contribution in [3.8, 4) is 0 Å². The molecule has 1 rings (SSSR count). The van der Waals surface area contributed by atoms with Crippen molar-refractivity contribution in [1.82, 2.24) is 0 Å². The largest absolute Gasteiger partial charge is 0.327 e. The number of rotatable bonds is 8. The fourth-order valence-corrected chi connectivity index (χ4v) is 2.32. The van der Waals surface area contributed by atoms with E-state index in [2.05, 4.69) is 13.8 Å². The molecule has 0 saturated heterocycles. The highest BCUT2D eigenvalue weighted by molar-refractivity contribution is 4.90. The third-order valence-electron chi connectivity index (χ3n) is 3.61. The third kappa shape index (κ3) is 4.45. The molecule has 84 valence electrons. The van der Waals surface area contributed by atoms with Crippen LogP contribution < -0.4 is 5.73 Å². The van der Waals surface area contributed by atoms with Crippen molar-refractivity contribution in [3.63, 3.8) is 0 Å². The summed E-state index contributed by atoms with van der Waals surface area (Å²) < 4.78 is 0. The van der Waals surface area contributed by atoms with E-state index in [4.69, 9.17) is 5.73 Å². The molecule has 1 heteroatoms. The van der Waals surface area contributed by atoms with Gasteiger partial charge in [0.25, 0.3) is 0 Å². The molecule has 1 saturated carbocycles. The highest BCUT2D eigenvalue weighted by atomic mass is 14.7. The minimum absolute atomic E-state index is 0.510. The Hall–Kier alpha value is -0.0400. The summed E-state index contributed by atoms with van der Waals surface area (Å²) in [6, 6.07) is 0.510. The molecule has 3 atom stereocenters. The van der Waals surface area contributed by atoms with E-state index in [1.165, 1.54) is 51.4 Å². The Morgan fingerprint density at radius 1 is 1.14 bits per heavy atom. The molecule has 1 nitrogen and oxygen atoms in total. The number of unbranched alkanes of at least 4 members (excludes halogenated alkanes) is 5. The van der Waals surface area contributed by atoms with Gasteiger partial charge in [0.15, 0.2) is 0 Å². The summed E-state index contributed by atoms with van der Waals surface area (Å²) in [5, 5.41) is 0. The minimum atomic E-state index is 0.510. The molecule has 0 aromatic carbocycles. The first kappa shape index (κ1) is 12.0. The topological polar surface area (TPSA) is 26.0 Å². The first-order chi connectivity index (χ1) is 6.75. The molecule has 0 spiro atoms. The molecule has 0 aromatic heterocycles. The summed E-state index contributed by atoms with van der Waals surface area (Å²) in [4.78, 5) is 0. The zero-order chi connectivity index (χ0) is 10.4. The van der Waals surface area contributed by atoms with E-state index < -0.39 is 0 Å². The maximum Gasteiger partial charge on any atom is 0.00698 e. The van der Waals surface area contributed by atoms with Gasteiger partial charge in [-0.25, -0.2) is 0 Å². The van der Waals surface area contributed by atoms with Crippen molar-refractivity contribution in [3.05, 3.63) is 0 Å². The van der Waals surface area contributed by atoms with Crippen molar-refractivity contribution in [2.24, 2.45) is 17.6 Å². The Labute approximate surface area is 89.5 Å². The van der Waals surface area contributed by atoms with Crippen LogP contribution in [0.2, 0.25) is 0 Å². The Balaban J connectivity index is 1.83. The van der Waals surface area contributed by atoms with Crippen molar-refractivity contribution < 1.29 is 0 Å². The van der Waals surface area contributed by atoms with E-state index in [0.29, 0.717) is 6.04 Å². The number of hydrogen-bond donors (Lipinski definition) is 1. The molecule has 2 N–H and O–H groups in total. The third-order valence-corrected chi connectivity index (χ3v) is 3.61. The van der Waals surface area contributed by atoms with Crippen LogP contribution in [-0.4, -0.2) is 6.04 Å². The summed E-state index contributed by atoms with van der Waals surface area (Å²) in [5.74, 6) is 1.79. The van der Waals surface area contributed by atoms with Crippen LogP contribution in [-0.2, 0) is 0 Å². The standard InChI is InChI=1S/C13H27N/c1-3-4-5-6-7-8-9-13(14)12-10-11(12)2/h11-13H,3-10,14H2,1-2H3. The molecule has 0 heterocycles. The van der Waals surface area contributed by atoms with Crippen LogP contribution in [0.25, 0.3) is 0 Å². The van der Waals surface area contributed by atoms with Crippen LogP contribution in [0.15, 0.2) is 0 Å². The summed E-state index contributed by atoms with van der Waals surface area (Å²) in [6.45, 7) is 4.59. The fraction of sp³-hybridized carbons (Fsp3) is 1.00. The fourth-order valence-electron chi connectivity index (χ4n) is 2.32. The van der Waals surface area contributed by atoms with Crippen LogP contribution in [0.3, 0.4) is 0 Å². The molecule has 0 amide bonds. The summed E-state index contributed by atoms with van der Waals surface area (Å²) in [7, 11) is 0.